The van der Waals surface area contributed by atoms with Crippen LogP contribution in [0.15, 0.2) is 30.5 Å². The minimum atomic E-state index is -0.984. The van der Waals surface area contributed by atoms with Crippen molar-refractivity contribution in [3.8, 4) is 11.9 Å². The molecule has 1 aliphatic carbocycles. The number of aromatic nitrogens is 2. The van der Waals surface area contributed by atoms with E-state index in [-0.39, 0.29) is 5.92 Å². The summed E-state index contributed by atoms with van der Waals surface area (Å²) in [7, 11) is 4.12. The van der Waals surface area contributed by atoms with Gasteiger partial charge in [0.25, 0.3) is 0 Å². The average molecular weight is 441 g/mol. The van der Waals surface area contributed by atoms with E-state index in [1.165, 1.54) is 11.3 Å². The molecular formula is C25H36N4O3. The molecule has 1 aliphatic heterocycles. The molecule has 2 aromatic rings. The zero-order valence-electron chi connectivity index (χ0n) is 19.8. The van der Waals surface area contributed by atoms with Crippen LogP contribution in [0.2, 0.25) is 0 Å². The molecule has 3 atom stereocenters. The first-order valence-corrected chi connectivity index (χ1v) is 11.8. The molecule has 7 heteroatoms. The van der Waals surface area contributed by atoms with E-state index >= 15 is 0 Å². The van der Waals surface area contributed by atoms with Crippen molar-refractivity contribution in [2.24, 2.45) is 11.8 Å². The number of ether oxygens (including phenoxy) is 2. The minimum absolute atomic E-state index is 0.137. The molecule has 1 aromatic carbocycles. The van der Waals surface area contributed by atoms with Crippen molar-refractivity contribution in [1.82, 2.24) is 14.9 Å². The van der Waals surface area contributed by atoms with Crippen LogP contribution in [0.1, 0.15) is 44.2 Å². The van der Waals surface area contributed by atoms with Gasteiger partial charge >= 0.3 is 6.01 Å². The molecule has 0 amide bonds. The number of fused-ring (bicyclic) bond motifs is 1. The first-order chi connectivity index (χ1) is 15.4. The van der Waals surface area contributed by atoms with Crippen molar-refractivity contribution < 1.29 is 14.6 Å². The van der Waals surface area contributed by atoms with Gasteiger partial charge in [-0.25, -0.2) is 4.98 Å². The lowest BCUT2D eigenvalue weighted by Crippen LogP contribution is -2.43. The lowest BCUT2D eigenvalue weighted by atomic mass is 9.68. The normalized spacial score (nSPS) is 25.4. The number of hydrogen-bond donors (Lipinski definition) is 1. The van der Waals surface area contributed by atoms with Crippen molar-refractivity contribution >= 4 is 5.69 Å². The highest BCUT2D eigenvalue weighted by atomic mass is 16.5. The highest BCUT2D eigenvalue weighted by Crippen LogP contribution is 2.50. The van der Waals surface area contributed by atoms with Crippen LogP contribution in [0, 0.1) is 11.8 Å². The third kappa shape index (κ3) is 4.55. The lowest BCUT2D eigenvalue weighted by molar-refractivity contribution is -0.0672. The summed E-state index contributed by atoms with van der Waals surface area (Å²) in [6.45, 7) is 7.56. The molecule has 0 radical (unpaired) electrons. The van der Waals surface area contributed by atoms with Gasteiger partial charge in [-0.05, 0) is 56.7 Å². The second-order valence-electron chi connectivity index (χ2n) is 9.18. The number of benzene rings is 1. The zero-order valence-corrected chi connectivity index (χ0v) is 19.8. The van der Waals surface area contributed by atoms with Crippen molar-refractivity contribution in [2.75, 3.05) is 45.3 Å². The van der Waals surface area contributed by atoms with E-state index in [9.17, 15) is 5.11 Å². The zero-order chi connectivity index (χ0) is 22.7. The Kier molecular flexibility index (Phi) is 6.86. The standard InChI is InChI=1S/C25H36N4O3/c1-5-31-23-21(14-26-24(27-23)32-6-2)25(30)13-7-8-19-16-29(17-22(19)25)15-18-9-11-20(12-10-18)28(3)4/h9-12,14,19,22,30H,5-8,13,15-17H2,1-4H3/t19-,22+,25+/m1/s1. The molecule has 1 saturated carbocycles. The van der Waals surface area contributed by atoms with Crippen LogP contribution in [0.3, 0.4) is 0 Å². The Bertz CT molecular complexity index is 905. The van der Waals surface area contributed by atoms with Crippen LogP contribution in [0.4, 0.5) is 5.69 Å². The van der Waals surface area contributed by atoms with E-state index < -0.39 is 5.60 Å². The van der Waals surface area contributed by atoms with Crippen LogP contribution in [-0.4, -0.2) is 60.4 Å². The molecule has 2 aliphatic rings. The molecule has 0 spiro atoms. The summed E-state index contributed by atoms with van der Waals surface area (Å²) in [5, 5.41) is 12.0. The van der Waals surface area contributed by atoms with E-state index in [1.807, 2.05) is 13.8 Å². The highest BCUT2D eigenvalue weighted by molar-refractivity contribution is 5.46. The van der Waals surface area contributed by atoms with E-state index in [0.717, 1.165) is 32.5 Å². The van der Waals surface area contributed by atoms with Gasteiger partial charge in [0.1, 0.15) is 5.60 Å². The molecule has 4 rings (SSSR count). The SMILES string of the molecule is CCOc1ncc([C@@]2(O)CCC[C@@H]3CN(Cc4ccc(N(C)C)cc4)C[C@@H]32)c(OCC)n1. The Morgan fingerprint density at radius 3 is 2.56 bits per heavy atom. The molecule has 0 bridgehead atoms. The quantitative estimate of drug-likeness (QED) is 0.674. The van der Waals surface area contributed by atoms with E-state index in [4.69, 9.17) is 9.47 Å². The summed E-state index contributed by atoms with van der Waals surface area (Å²) in [5.74, 6) is 1.04. The van der Waals surface area contributed by atoms with E-state index in [1.54, 1.807) is 6.20 Å². The van der Waals surface area contributed by atoms with E-state index in [0.29, 0.717) is 43.0 Å². The summed E-state index contributed by atoms with van der Waals surface area (Å²) in [4.78, 5) is 13.4. The molecule has 7 nitrogen and oxygen atoms in total. The van der Waals surface area contributed by atoms with Gasteiger partial charge in [-0.3, -0.25) is 4.90 Å². The molecule has 0 unspecified atom stereocenters. The summed E-state index contributed by atoms with van der Waals surface area (Å²) >= 11 is 0. The maximum Gasteiger partial charge on any atom is 0.319 e. The fourth-order valence-electron chi connectivity index (χ4n) is 5.33. The molecule has 1 aromatic heterocycles. The summed E-state index contributed by atoms with van der Waals surface area (Å²) in [6.07, 6.45) is 4.55. The lowest BCUT2D eigenvalue weighted by Gasteiger charge is -2.41. The molecule has 174 valence electrons. The number of rotatable bonds is 8. The fourth-order valence-corrected chi connectivity index (χ4v) is 5.33. The molecule has 32 heavy (non-hydrogen) atoms. The number of aliphatic hydroxyl groups is 1. The van der Waals surface area contributed by atoms with Crippen LogP contribution in [0.25, 0.3) is 0 Å². The number of nitrogens with zero attached hydrogens (tertiary/aromatic N) is 4. The van der Waals surface area contributed by atoms with Gasteiger partial charge in [-0.1, -0.05) is 12.1 Å². The Labute approximate surface area is 191 Å². The van der Waals surface area contributed by atoms with Gasteiger partial charge in [0.2, 0.25) is 5.88 Å². The minimum Gasteiger partial charge on any atom is -0.478 e. The molecule has 2 fully saturated rings. The maximum atomic E-state index is 12.0. The third-order valence-corrected chi connectivity index (χ3v) is 6.87. The van der Waals surface area contributed by atoms with Gasteiger partial charge in [0.15, 0.2) is 0 Å². The first-order valence-electron chi connectivity index (χ1n) is 11.8. The predicted molar refractivity (Wildman–Crippen MR) is 125 cm³/mol. The van der Waals surface area contributed by atoms with Gasteiger partial charge < -0.3 is 19.5 Å². The second-order valence-corrected chi connectivity index (χ2v) is 9.18. The third-order valence-electron chi connectivity index (χ3n) is 6.87. The summed E-state index contributed by atoms with van der Waals surface area (Å²) in [6, 6.07) is 9.04. The fraction of sp³-hybridized carbons (Fsp3) is 0.600. The van der Waals surface area contributed by atoms with Crippen LogP contribution >= 0.6 is 0 Å². The van der Waals surface area contributed by atoms with Gasteiger partial charge in [-0.15, -0.1) is 0 Å². The molecular weight excluding hydrogens is 404 g/mol. The molecule has 1 N–H and O–H groups in total. The first kappa shape index (κ1) is 22.8. The second kappa shape index (κ2) is 9.63. The van der Waals surface area contributed by atoms with E-state index in [2.05, 4.69) is 58.1 Å². The smallest absolute Gasteiger partial charge is 0.319 e. The van der Waals surface area contributed by atoms with Crippen LogP contribution in [0.5, 0.6) is 11.9 Å². The number of hydrogen-bond acceptors (Lipinski definition) is 7. The monoisotopic (exact) mass is 440 g/mol. The largest absolute Gasteiger partial charge is 0.478 e. The summed E-state index contributed by atoms with van der Waals surface area (Å²) < 4.78 is 11.3. The van der Waals surface area contributed by atoms with Crippen molar-refractivity contribution in [3.63, 3.8) is 0 Å². The molecule has 2 heterocycles. The Balaban J connectivity index is 1.55. The Hall–Kier alpha value is -2.38. The number of likely N-dealkylation sites (tertiary alicyclic amines) is 1. The van der Waals surface area contributed by atoms with Crippen molar-refractivity contribution in [2.45, 2.75) is 45.3 Å². The molecule has 1 saturated heterocycles. The topological polar surface area (TPSA) is 71.0 Å². The average Bonchev–Trinajstić information content (AvgIpc) is 3.19. The van der Waals surface area contributed by atoms with Gasteiger partial charge in [0.05, 0.1) is 18.8 Å². The maximum absolute atomic E-state index is 12.0. The van der Waals surface area contributed by atoms with Crippen LogP contribution < -0.4 is 14.4 Å². The van der Waals surface area contributed by atoms with Crippen molar-refractivity contribution in [3.05, 3.63) is 41.6 Å². The van der Waals surface area contributed by atoms with Gasteiger partial charge in [0, 0.05) is 51.5 Å². The predicted octanol–water partition coefficient (Wildman–Crippen LogP) is 3.46. The number of anilines is 1. The van der Waals surface area contributed by atoms with Gasteiger partial charge in [-0.2, -0.15) is 4.98 Å². The Morgan fingerprint density at radius 1 is 1.12 bits per heavy atom. The van der Waals surface area contributed by atoms with Crippen molar-refractivity contribution in [1.29, 1.82) is 0 Å². The highest BCUT2D eigenvalue weighted by Gasteiger charge is 2.51. The summed E-state index contributed by atoms with van der Waals surface area (Å²) in [5.41, 5.74) is 2.23. The Morgan fingerprint density at radius 2 is 1.88 bits per heavy atom. The van der Waals surface area contributed by atoms with Crippen LogP contribution in [-0.2, 0) is 12.1 Å².